The summed E-state index contributed by atoms with van der Waals surface area (Å²) >= 11 is 2.60. The van der Waals surface area contributed by atoms with Crippen LogP contribution in [0.15, 0.2) is 41.2 Å². The number of hydrogen-bond donors (Lipinski definition) is 1. The van der Waals surface area contributed by atoms with Crippen molar-refractivity contribution in [3.05, 3.63) is 51.8 Å². The van der Waals surface area contributed by atoms with Crippen molar-refractivity contribution in [2.45, 2.75) is 58.2 Å². The van der Waals surface area contributed by atoms with Crippen LogP contribution in [0, 0.1) is 5.92 Å². The molecule has 10 heteroatoms. The standard InChI is InChI=1S/C27H30FN3O4S2/c1-16(2)31(25(33)18-9-11-27(3,28)12-10-18)21-13-22(37-23(21)26(34)35-4)17-5-7-19(8-6-17)30-24(32)20-14-36-15-29-20/h5-8,13-16,18H,9-12H2,1-4H3,(H,30,32)/t18-,27+. The van der Waals surface area contributed by atoms with E-state index in [1.807, 2.05) is 32.0 Å². The summed E-state index contributed by atoms with van der Waals surface area (Å²) in [5.41, 5.74) is 2.66. The second kappa shape index (κ2) is 11.1. The van der Waals surface area contributed by atoms with Gasteiger partial charge in [-0.1, -0.05) is 12.1 Å². The van der Waals surface area contributed by atoms with Crippen molar-refractivity contribution in [1.82, 2.24) is 4.98 Å². The number of nitrogens with one attached hydrogen (secondary N) is 1. The first kappa shape index (κ1) is 26.9. The molecule has 0 radical (unpaired) electrons. The van der Waals surface area contributed by atoms with Crippen molar-refractivity contribution < 1.29 is 23.5 Å². The highest BCUT2D eigenvalue weighted by atomic mass is 32.1. The van der Waals surface area contributed by atoms with Crippen LogP contribution in [-0.2, 0) is 9.53 Å². The van der Waals surface area contributed by atoms with Gasteiger partial charge in [0.2, 0.25) is 5.91 Å². The van der Waals surface area contributed by atoms with E-state index in [9.17, 15) is 18.8 Å². The van der Waals surface area contributed by atoms with E-state index in [2.05, 4.69) is 10.3 Å². The number of halogens is 1. The molecule has 0 saturated heterocycles. The molecule has 0 spiro atoms. The molecule has 2 amide bonds. The van der Waals surface area contributed by atoms with E-state index in [0.29, 0.717) is 47.6 Å². The number of hydrogen-bond acceptors (Lipinski definition) is 7. The van der Waals surface area contributed by atoms with Gasteiger partial charge in [0.05, 0.1) is 18.3 Å². The van der Waals surface area contributed by atoms with Crippen LogP contribution < -0.4 is 10.2 Å². The molecule has 4 rings (SSSR count). The molecule has 2 aromatic heterocycles. The van der Waals surface area contributed by atoms with Gasteiger partial charge in [-0.3, -0.25) is 9.59 Å². The van der Waals surface area contributed by atoms with Crippen molar-refractivity contribution in [3.63, 3.8) is 0 Å². The normalized spacial score (nSPS) is 19.5. The first-order valence-corrected chi connectivity index (χ1v) is 13.9. The number of thiophene rings is 1. The van der Waals surface area contributed by atoms with Crippen LogP contribution in [-0.4, -0.2) is 41.6 Å². The van der Waals surface area contributed by atoms with Gasteiger partial charge >= 0.3 is 5.97 Å². The number of thiazole rings is 1. The Balaban J connectivity index is 1.61. The highest BCUT2D eigenvalue weighted by molar-refractivity contribution is 7.18. The Morgan fingerprint density at radius 3 is 2.43 bits per heavy atom. The molecule has 2 heterocycles. The predicted octanol–water partition coefficient (Wildman–Crippen LogP) is 6.57. The molecule has 0 atom stereocenters. The van der Waals surface area contributed by atoms with Gasteiger partial charge in [0, 0.05) is 27.9 Å². The molecule has 0 unspecified atom stereocenters. The summed E-state index contributed by atoms with van der Waals surface area (Å²) in [5, 5.41) is 4.49. The number of rotatable bonds is 7. The fraction of sp³-hybridized carbons (Fsp3) is 0.407. The second-order valence-electron chi connectivity index (χ2n) is 9.71. The summed E-state index contributed by atoms with van der Waals surface area (Å²) in [6.45, 7) is 5.39. The third-order valence-corrected chi connectivity index (χ3v) is 8.31. The average Bonchev–Trinajstić information content (AvgIpc) is 3.55. The molecule has 0 bridgehead atoms. The van der Waals surface area contributed by atoms with Gasteiger partial charge in [0.15, 0.2) is 0 Å². The Hall–Kier alpha value is -3.11. The number of anilines is 2. The summed E-state index contributed by atoms with van der Waals surface area (Å²) in [4.78, 5) is 45.4. The summed E-state index contributed by atoms with van der Waals surface area (Å²) in [6, 6.07) is 8.87. The molecule has 1 N–H and O–H groups in total. The van der Waals surface area contributed by atoms with Crippen molar-refractivity contribution in [1.29, 1.82) is 0 Å². The van der Waals surface area contributed by atoms with Gasteiger partial charge in [-0.15, -0.1) is 22.7 Å². The maximum absolute atomic E-state index is 14.4. The van der Waals surface area contributed by atoms with Gasteiger partial charge in [-0.25, -0.2) is 14.2 Å². The Bertz CT molecular complexity index is 1260. The zero-order valence-corrected chi connectivity index (χ0v) is 22.9. The van der Waals surface area contributed by atoms with Crippen LogP contribution in [0.2, 0.25) is 0 Å². The summed E-state index contributed by atoms with van der Waals surface area (Å²) < 4.78 is 19.4. The van der Waals surface area contributed by atoms with E-state index in [1.54, 1.807) is 34.8 Å². The van der Waals surface area contributed by atoms with Crippen LogP contribution in [0.3, 0.4) is 0 Å². The minimum absolute atomic E-state index is 0.0971. The minimum atomic E-state index is -1.24. The van der Waals surface area contributed by atoms with Gasteiger partial charge in [0.25, 0.3) is 5.91 Å². The first-order valence-electron chi connectivity index (χ1n) is 12.1. The van der Waals surface area contributed by atoms with Gasteiger partial charge in [-0.2, -0.15) is 0 Å². The zero-order valence-electron chi connectivity index (χ0n) is 21.2. The fourth-order valence-electron chi connectivity index (χ4n) is 4.49. The molecule has 1 aliphatic carbocycles. The summed E-state index contributed by atoms with van der Waals surface area (Å²) in [7, 11) is 1.32. The van der Waals surface area contributed by atoms with E-state index in [4.69, 9.17) is 4.74 Å². The minimum Gasteiger partial charge on any atom is -0.465 e. The Morgan fingerprint density at radius 1 is 1.19 bits per heavy atom. The molecule has 1 fully saturated rings. The van der Waals surface area contributed by atoms with Crippen LogP contribution in [0.1, 0.15) is 66.6 Å². The molecule has 196 valence electrons. The predicted molar refractivity (Wildman–Crippen MR) is 145 cm³/mol. The van der Waals surface area contributed by atoms with Crippen molar-refractivity contribution in [3.8, 4) is 10.4 Å². The summed E-state index contributed by atoms with van der Waals surface area (Å²) in [6.07, 6.45) is 1.65. The number of esters is 1. The molecule has 37 heavy (non-hydrogen) atoms. The van der Waals surface area contributed by atoms with E-state index in [0.717, 1.165) is 10.4 Å². The maximum atomic E-state index is 14.4. The van der Waals surface area contributed by atoms with Crippen molar-refractivity contribution >= 4 is 51.8 Å². The third-order valence-electron chi connectivity index (χ3n) is 6.57. The number of alkyl halides is 1. The van der Waals surface area contributed by atoms with Crippen LogP contribution in [0.5, 0.6) is 0 Å². The lowest BCUT2D eigenvalue weighted by Crippen LogP contribution is -2.43. The Morgan fingerprint density at radius 2 is 1.86 bits per heavy atom. The van der Waals surface area contributed by atoms with Crippen LogP contribution >= 0.6 is 22.7 Å². The molecular weight excluding hydrogens is 513 g/mol. The van der Waals surface area contributed by atoms with Gasteiger partial charge < -0.3 is 15.0 Å². The largest absolute Gasteiger partial charge is 0.465 e. The first-order chi connectivity index (χ1) is 17.6. The highest BCUT2D eigenvalue weighted by Crippen LogP contribution is 2.41. The molecular formula is C27H30FN3O4S2. The van der Waals surface area contributed by atoms with E-state index < -0.39 is 11.6 Å². The highest BCUT2D eigenvalue weighted by Gasteiger charge is 2.38. The molecule has 1 aromatic carbocycles. The van der Waals surface area contributed by atoms with Gasteiger partial charge in [0.1, 0.15) is 16.2 Å². The Labute approximate surface area is 223 Å². The summed E-state index contributed by atoms with van der Waals surface area (Å²) in [5.74, 6) is -1.19. The number of amides is 2. The topological polar surface area (TPSA) is 88.6 Å². The van der Waals surface area contributed by atoms with E-state index in [1.165, 1.54) is 29.8 Å². The lowest BCUT2D eigenvalue weighted by atomic mass is 9.80. The number of aromatic nitrogens is 1. The zero-order chi connectivity index (χ0) is 26.7. The number of benzene rings is 1. The molecule has 3 aromatic rings. The van der Waals surface area contributed by atoms with Crippen molar-refractivity contribution in [2.75, 3.05) is 17.3 Å². The maximum Gasteiger partial charge on any atom is 0.350 e. The SMILES string of the molecule is COC(=O)c1sc(-c2ccc(NC(=O)c3cscn3)cc2)cc1N(C(=O)[C@H]1CC[C@@](C)(F)CC1)C(C)C. The molecule has 0 aliphatic heterocycles. The number of methoxy groups -OCH3 is 1. The second-order valence-corrected chi connectivity index (χ2v) is 11.5. The van der Waals surface area contributed by atoms with E-state index in [-0.39, 0.29) is 23.8 Å². The Kier molecular flexibility index (Phi) is 8.08. The van der Waals surface area contributed by atoms with Crippen LogP contribution in [0.4, 0.5) is 15.8 Å². The van der Waals surface area contributed by atoms with Gasteiger partial charge in [-0.05, 0) is 70.2 Å². The molecule has 1 aliphatic rings. The number of carbonyl (C=O) groups is 3. The number of ether oxygens (including phenoxy) is 1. The van der Waals surface area contributed by atoms with Crippen LogP contribution in [0.25, 0.3) is 10.4 Å². The molecule has 7 nitrogen and oxygen atoms in total. The number of nitrogens with zero attached hydrogens (tertiary/aromatic N) is 2. The quantitative estimate of drug-likeness (QED) is 0.341. The average molecular weight is 544 g/mol. The third kappa shape index (κ3) is 6.07. The lowest BCUT2D eigenvalue weighted by molar-refractivity contribution is -0.124. The van der Waals surface area contributed by atoms with Crippen molar-refractivity contribution in [2.24, 2.45) is 5.92 Å². The fourth-order valence-corrected chi connectivity index (χ4v) is 6.10. The van der Waals surface area contributed by atoms with E-state index >= 15 is 0 Å². The smallest absolute Gasteiger partial charge is 0.350 e. The monoisotopic (exact) mass is 543 g/mol. The lowest BCUT2D eigenvalue weighted by Gasteiger charge is -2.35. The molecule has 1 saturated carbocycles. The number of carbonyl (C=O) groups excluding carboxylic acids is 3.